The lowest BCUT2D eigenvalue weighted by Crippen LogP contribution is -2.02. The van der Waals surface area contributed by atoms with Crippen LogP contribution in [0.1, 0.15) is 0 Å². The van der Waals surface area contributed by atoms with Crippen molar-refractivity contribution in [3.63, 3.8) is 0 Å². The van der Waals surface area contributed by atoms with Gasteiger partial charge in [0.15, 0.2) is 9.40 Å². The summed E-state index contributed by atoms with van der Waals surface area (Å²) in [5, 5.41) is 8.23. The van der Waals surface area contributed by atoms with E-state index in [-0.39, 0.29) is 10.5 Å². The maximum absolute atomic E-state index is 9.75. The Kier molecular flexibility index (Phi) is 4.31. The Bertz CT molecular complexity index is 1280. The van der Waals surface area contributed by atoms with E-state index in [0.717, 1.165) is 0 Å². The molecule has 0 bridgehead atoms. The first-order chi connectivity index (χ1) is 12.8. The summed E-state index contributed by atoms with van der Waals surface area (Å²) in [6, 6.07) is 26.8. The molecule has 0 fully saturated rings. The molecule has 5 aromatic rings. The predicted molar refractivity (Wildman–Crippen MR) is 110 cm³/mol. The lowest BCUT2D eigenvalue weighted by atomic mass is 10.0. The minimum Gasteiger partial charge on any atom is -0.418 e. The van der Waals surface area contributed by atoms with E-state index in [9.17, 15) is 17.3 Å². The highest BCUT2D eigenvalue weighted by atomic mass is 32.2. The quantitative estimate of drug-likeness (QED) is 0.110. The van der Waals surface area contributed by atoms with Crippen LogP contribution in [0.4, 0.5) is 17.3 Å². The molecule has 1 heterocycles. The van der Waals surface area contributed by atoms with Gasteiger partial charge in [0.2, 0.25) is 0 Å². The summed E-state index contributed by atoms with van der Waals surface area (Å²) in [5.41, 5.74) is 0. The molecule has 5 rings (SSSR count). The van der Waals surface area contributed by atoms with Gasteiger partial charge in [0, 0.05) is 16.8 Å². The molecule has 1 atom stereocenters. The van der Waals surface area contributed by atoms with Crippen molar-refractivity contribution < 1.29 is 17.3 Å². The average Bonchev–Trinajstić information content (AvgIpc) is 2.91. The van der Waals surface area contributed by atoms with Crippen LogP contribution in [0.5, 0.6) is 0 Å². The predicted octanol–water partition coefficient (Wildman–Crippen LogP) is 7.89. The Hall–Kier alpha value is -2.60. The number of benzene rings is 4. The molecule has 0 spiro atoms. The zero-order valence-electron chi connectivity index (χ0n) is 14.4. The van der Waals surface area contributed by atoms with Crippen molar-refractivity contribution in [3.05, 3.63) is 72.8 Å². The molecule has 27 heavy (non-hydrogen) atoms. The first-order valence-corrected chi connectivity index (χ1v) is 10.0. The number of fused-ring (bicyclic) bond motifs is 6. The first kappa shape index (κ1) is 17.8. The minimum absolute atomic E-state index is 0.178. The van der Waals surface area contributed by atoms with Gasteiger partial charge in [-0.15, -0.1) is 0 Å². The van der Waals surface area contributed by atoms with E-state index in [1.807, 2.05) is 0 Å². The fourth-order valence-corrected chi connectivity index (χ4v) is 5.39. The van der Waals surface area contributed by atoms with Crippen LogP contribution >= 0.6 is 10.5 Å². The largest absolute Gasteiger partial charge is 0.673 e. The standard InChI is InChI=1S/C21H15S.BF4/c1-22-20-9-5-4-8-17(20)19-12-15-11-10-14-6-2-3-7-16(14)18(15)13-21(19)22;2-1(3,4)5/h2-13H,1H3;/q+1;-1. The highest BCUT2D eigenvalue weighted by Crippen LogP contribution is 2.43. The first-order valence-electron chi connectivity index (χ1n) is 8.41. The molecule has 0 saturated carbocycles. The zero-order chi connectivity index (χ0) is 19.2. The van der Waals surface area contributed by atoms with Crippen molar-refractivity contribution >= 4 is 59.4 Å². The molecule has 136 valence electrons. The van der Waals surface area contributed by atoms with E-state index in [2.05, 4.69) is 79.1 Å². The average molecular weight is 386 g/mol. The van der Waals surface area contributed by atoms with Gasteiger partial charge in [0.25, 0.3) is 0 Å². The number of halogens is 4. The number of hydrogen-bond donors (Lipinski definition) is 0. The molecule has 0 radical (unpaired) electrons. The van der Waals surface area contributed by atoms with Crippen LogP contribution in [0.25, 0.3) is 41.7 Å². The van der Waals surface area contributed by atoms with Crippen LogP contribution in [0.3, 0.4) is 0 Å². The van der Waals surface area contributed by atoms with Gasteiger partial charge in [-0.3, -0.25) is 0 Å². The van der Waals surface area contributed by atoms with Crippen molar-refractivity contribution in [2.75, 3.05) is 0 Å². The van der Waals surface area contributed by atoms with Crippen LogP contribution in [0, 0.1) is 0 Å². The van der Waals surface area contributed by atoms with Gasteiger partial charge in [-0.1, -0.05) is 48.5 Å². The molecule has 0 N–H and O–H groups in total. The molecule has 0 saturated heterocycles. The second kappa shape index (κ2) is 6.53. The van der Waals surface area contributed by atoms with Crippen LogP contribution in [0.15, 0.2) is 72.8 Å². The second-order valence-electron chi connectivity index (χ2n) is 6.36. The molecule has 0 amide bonds. The van der Waals surface area contributed by atoms with E-state index in [1.54, 1.807) is 0 Å². The third-order valence-corrected chi connectivity index (χ3v) is 6.70. The molecule has 0 aliphatic rings. The molecule has 0 nitrogen and oxygen atoms in total. The maximum atomic E-state index is 9.75. The molecule has 4 aromatic carbocycles. The summed E-state index contributed by atoms with van der Waals surface area (Å²) in [7, 11) is -5.82. The Morgan fingerprint density at radius 3 is 1.93 bits per heavy atom. The summed E-state index contributed by atoms with van der Waals surface area (Å²) in [5.74, 6) is 0. The summed E-state index contributed by atoms with van der Waals surface area (Å²) < 4.78 is 42.0. The van der Waals surface area contributed by atoms with Gasteiger partial charge in [0.05, 0.1) is 0 Å². The Morgan fingerprint density at radius 2 is 1.19 bits per heavy atom. The molecule has 6 heteroatoms. The number of rotatable bonds is 0. The lowest BCUT2D eigenvalue weighted by Gasteiger charge is -2.03. The highest BCUT2D eigenvalue weighted by Gasteiger charge is 2.20. The Labute approximate surface area is 156 Å². The molecular weight excluding hydrogens is 371 g/mol. The SMILES string of the molecule is C[s+]1c2ccccc2c2cc3ccc4ccccc4c3cc21.F[B-](F)(F)F. The molecule has 0 aliphatic carbocycles. The van der Waals surface area contributed by atoms with Crippen molar-refractivity contribution in [1.29, 1.82) is 0 Å². The molecular formula is C21H15BF4S. The van der Waals surface area contributed by atoms with Gasteiger partial charge in [-0.05, 0) is 50.2 Å². The van der Waals surface area contributed by atoms with Crippen molar-refractivity contribution in [3.8, 4) is 0 Å². The Morgan fingerprint density at radius 1 is 0.593 bits per heavy atom. The number of hydrogen-bond acceptors (Lipinski definition) is 0. The van der Waals surface area contributed by atoms with E-state index >= 15 is 0 Å². The normalized spacial score (nSPS) is 12.6. The molecule has 0 aliphatic heterocycles. The van der Waals surface area contributed by atoms with Gasteiger partial charge in [-0.2, -0.15) is 0 Å². The highest BCUT2D eigenvalue weighted by molar-refractivity contribution is 7.41. The summed E-state index contributed by atoms with van der Waals surface area (Å²) in [4.78, 5) is 0. The van der Waals surface area contributed by atoms with Gasteiger partial charge < -0.3 is 17.3 Å². The van der Waals surface area contributed by atoms with Gasteiger partial charge in [-0.25, -0.2) is 0 Å². The van der Waals surface area contributed by atoms with Crippen molar-refractivity contribution in [2.45, 2.75) is 0 Å². The van der Waals surface area contributed by atoms with Crippen LogP contribution in [-0.2, 0) is 6.26 Å². The maximum Gasteiger partial charge on any atom is 0.673 e. The monoisotopic (exact) mass is 386 g/mol. The van der Waals surface area contributed by atoms with Crippen LogP contribution in [0.2, 0.25) is 0 Å². The molecule has 1 aromatic heterocycles. The van der Waals surface area contributed by atoms with Gasteiger partial charge >= 0.3 is 7.25 Å². The van der Waals surface area contributed by atoms with Crippen LogP contribution < -0.4 is 0 Å². The summed E-state index contributed by atoms with van der Waals surface area (Å²) in [6.45, 7) is 0. The van der Waals surface area contributed by atoms with Crippen molar-refractivity contribution in [2.24, 2.45) is 6.26 Å². The zero-order valence-corrected chi connectivity index (χ0v) is 15.2. The van der Waals surface area contributed by atoms with E-state index in [4.69, 9.17) is 0 Å². The van der Waals surface area contributed by atoms with E-state index in [1.165, 1.54) is 41.7 Å². The smallest absolute Gasteiger partial charge is 0.418 e. The fraction of sp³-hybridized carbons (Fsp3) is 0.0476. The van der Waals surface area contributed by atoms with E-state index < -0.39 is 7.25 Å². The summed E-state index contributed by atoms with van der Waals surface area (Å²) in [6.07, 6.45) is 2.35. The third kappa shape index (κ3) is 3.37. The second-order valence-corrected chi connectivity index (χ2v) is 8.26. The molecule has 1 unspecified atom stereocenters. The number of thiophene rings is 1. The van der Waals surface area contributed by atoms with E-state index in [0.29, 0.717) is 0 Å². The van der Waals surface area contributed by atoms with Crippen molar-refractivity contribution in [1.82, 2.24) is 0 Å². The number of aryl methyl sites for hydroxylation is 1. The summed E-state index contributed by atoms with van der Waals surface area (Å²) >= 11 is 0. The van der Waals surface area contributed by atoms with Crippen LogP contribution in [-0.4, -0.2) is 7.25 Å². The fourth-order valence-electron chi connectivity index (χ4n) is 3.57. The third-order valence-electron chi connectivity index (χ3n) is 4.68. The topological polar surface area (TPSA) is 0 Å². The lowest BCUT2D eigenvalue weighted by molar-refractivity contribution is 0.368. The minimum atomic E-state index is -6.00. The van der Waals surface area contributed by atoms with Gasteiger partial charge in [0.1, 0.15) is 6.26 Å². The Balaban J connectivity index is 0.000000323.